The van der Waals surface area contributed by atoms with E-state index in [0.29, 0.717) is 0 Å². The van der Waals surface area contributed by atoms with Gasteiger partial charge in [-0.1, -0.05) is 0 Å². The number of hydrogen-bond donors (Lipinski definition) is 1. The molecular formula is C5H11BrClNO3S. The molecule has 0 bridgehead atoms. The fraction of sp³-hybridized carbons (Fsp3) is 1.00. The molecule has 0 aliphatic rings. The molecule has 0 amide bonds. The first-order valence-corrected chi connectivity index (χ1v) is 5.88. The highest BCUT2D eigenvalue weighted by atomic mass is 79.9. The van der Waals surface area contributed by atoms with Crippen LogP contribution in [-0.2, 0) is 10.1 Å². The highest BCUT2D eigenvalue weighted by Crippen LogP contribution is 2.25. The molecule has 1 N–H and O–H groups in total. The van der Waals surface area contributed by atoms with Crippen molar-refractivity contribution >= 4 is 38.0 Å². The largest absolute Gasteiger partial charge is 0.286 e. The maximum atomic E-state index is 10.4. The van der Waals surface area contributed by atoms with Crippen LogP contribution in [0.5, 0.6) is 0 Å². The SMILES string of the molecule is CC(C)(CCS(=O)(=O)O)N(Cl)Br. The van der Waals surface area contributed by atoms with E-state index in [2.05, 4.69) is 16.1 Å². The van der Waals surface area contributed by atoms with Gasteiger partial charge in [0, 0.05) is 21.7 Å². The summed E-state index contributed by atoms with van der Waals surface area (Å²) in [7, 11) is -3.90. The van der Waals surface area contributed by atoms with Crippen LogP contribution in [0.2, 0.25) is 0 Å². The predicted octanol–water partition coefficient (Wildman–Crippen LogP) is 1.81. The average molecular weight is 281 g/mol. The van der Waals surface area contributed by atoms with E-state index in [0.717, 1.165) is 0 Å². The van der Waals surface area contributed by atoms with Crippen molar-refractivity contribution in [1.29, 1.82) is 0 Å². The van der Waals surface area contributed by atoms with Crippen LogP contribution in [-0.4, -0.2) is 27.7 Å². The summed E-state index contributed by atoms with van der Waals surface area (Å²) in [4.78, 5) is 0. The maximum Gasteiger partial charge on any atom is 0.264 e. The van der Waals surface area contributed by atoms with Crippen molar-refractivity contribution in [3.63, 3.8) is 0 Å². The molecule has 0 spiro atoms. The normalized spacial score (nSPS) is 13.8. The summed E-state index contributed by atoms with van der Waals surface area (Å²) < 4.78 is 30.4. The number of rotatable bonds is 4. The molecular weight excluding hydrogens is 269 g/mol. The van der Waals surface area contributed by atoms with Gasteiger partial charge in [0.05, 0.1) is 5.75 Å². The number of nitrogens with zero attached hydrogens (tertiary/aromatic N) is 1. The molecule has 0 rings (SSSR count). The molecule has 12 heavy (non-hydrogen) atoms. The Labute approximate surface area is 86.1 Å². The smallest absolute Gasteiger partial charge is 0.264 e. The molecule has 4 nitrogen and oxygen atoms in total. The van der Waals surface area contributed by atoms with Gasteiger partial charge in [-0.15, -0.1) is 3.45 Å². The van der Waals surface area contributed by atoms with Gasteiger partial charge in [0.25, 0.3) is 10.1 Å². The fourth-order valence-electron chi connectivity index (χ4n) is 0.463. The number of hydrogen-bond acceptors (Lipinski definition) is 3. The van der Waals surface area contributed by atoms with Crippen molar-refractivity contribution in [2.24, 2.45) is 0 Å². The highest BCUT2D eigenvalue weighted by Gasteiger charge is 2.25. The third kappa shape index (κ3) is 5.31. The Morgan fingerprint density at radius 2 is 2.00 bits per heavy atom. The first-order chi connectivity index (χ1) is 5.15. The Morgan fingerprint density at radius 3 is 2.25 bits per heavy atom. The van der Waals surface area contributed by atoms with Crippen LogP contribution < -0.4 is 0 Å². The van der Waals surface area contributed by atoms with Crippen LogP contribution in [0.1, 0.15) is 20.3 Å². The van der Waals surface area contributed by atoms with E-state index in [4.69, 9.17) is 16.3 Å². The first kappa shape index (κ1) is 12.6. The van der Waals surface area contributed by atoms with Gasteiger partial charge in [-0.3, -0.25) is 4.55 Å². The Balaban J connectivity index is 4.10. The second-order valence-corrected chi connectivity index (χ2v) is 6.11. The molecule has 0 aromatic heterocycles. The summed E-state index contributed by atoms with van der Waals surface area (Å²) in [5.74, 6) is -0.297. The second-order valence-electron chi connectivity index (χ2n) is 3.08. The van der Waals surface area contributed by atoms with Gasteiger partial charge in [-0.05, 0) is 32.0 Å². The minimum Gasteiger partial charge on any atom is -0.286 e. The van der Waals surface area contributed by atoms with E-state index in [1.54, 1.807) is 13.8 Å². The van der Waals surface area contributed by atoms with Crippen molar-refractivity contribution in [3.8, 4) is 0 Å². The minimum absolute atomic E-state index is 0.251. The van der Waals surface area contributed by atoms with Crippen LogP contribution in [0, 0.1) is 0 Å². The van der Waals surface area contributed by atoms with E-state index >= 15 is 0 Å². The van der Waals surface area contributed by atoms with Gasteiger partial charge in [0.1, 0.15) is 0 Å². The first-order valence-electron chi connectivity index (χ1n) is 3.22. The van der Waals surface area contributed by atoms with Crippen molar-refractivity contribution in [3.05, 3.63) is 0 Å². The van der Waals surface area contributed by atoms with E-state index in [1.165, 1.54) is 3.45 Å². The van der Waals surface area contributed by atoms with Gasteiger partial charge in [-0.2, -0.15) is 8.42 Å². The van der Waals surface area contributed by atoms with Crippen LogP contribution in [0.4, 0.5) is 0 Å². The summed E-state index contributed by atoms with van der Waals surface area (Å²) in [5, 5.41) is 0. The van der Waals surface area contributed by atoms with Gasteiger partial charge in [-0.25, -0.2) is 0 Å². The standard InChI is InChI=1S/C5H11BrClNO3S/c1-5(2,8(6)7)3-4-12(9,10)11/h3-4H2,1-2H3,(H,9,10,11). The van der Waals surface area contributed by atoms with Gasteiger partial charge < -0.3 is 0 Å². The fourth-order valence-corrected chi connectivity index (χ4v) is 1.48. The monoisotopic (exact) mass is 279 g/mol. The molecule has 0 radical (unpaired) electrons. The zero-order chi connectivity index (χ0) is 9.99. The molecule has 0 aromatic carbocycles. The average Bonchev–Trinajstić information content (AvgIpc) is 1.82. The Morgan fingerprint density at radius 1 is 1.58 bits per heavy atom. The molecule has 0 aliphatic heterocycles. The second kappa shape index (κ2) is 4.23. The van der Waals surface area contributed by atoms with Crippen molar-refractivity contribution in [1.82, 2.24) is 3.45 Å². The summed E-state index contributed by atoms with van der Waals surface area (Å²) in [6.45, 7) is 3.50. The van der Waals surface area contributed by atoms with Crippen molar-refractivity contribution in [2.75, 3.05) is 5.75 Å². The molecule has 0 fully saturated rings. The van der Waals surface area contributed by atoms with Crippen LogP contribution >= 0.6 is 27.9 Å². The zero-order valence-electron chi connectivity index (χ0n) is 6.79. The lowest BCUT2D eigenvalue weighted by molar-refractivity contribution is 0.354. The molecule has 0 atom stereocenters. The molecule has 0 aromatic rings. The predicted molar refractivity (Wildman–Crippen MR) is 51.7 cm³/mol. The minimum atomic E-state index is -3.90. The van der Waals surface area contributed by atoms with Crippen molar-refractivity contribution < 1.29 is 13.0 Å². The molecule has 0 saturated heterocycles. The molecule has 7 heteroatoms. The molecule has 0 heterocycles. The zero-order valence-corrected chi connectivity index (χ0v) is 9.95. The van der Waals surface area contributed by atoms with Crippen molar-refractivity contribution in [2.45, 2.75) is 25.8 Å². The van der Waals surface area contributed by atoms with Crippen LogP contribution in [0.3, 0.4) is 0 Å². The van der Waals surface area contributed by atoms with E-state index in [1.807, 2.05) is 0 Å². The van der Waals surface area contributed by atoms with Gasteiger partial charge in [0.15, 0.2) is 0 Å². The van der Waals surface area contributed by atoms with E-state index < -0.39 is 15.7 Å². The van der Waals surface area contributed by atoms with Crippen LogP contribution in [0.15, 0.2) is 0 Å². The van der Waals surface area contributed by atoms with E-state index in [9.17, 15) is 8.42 Å². The third-order valence-corrected chi connectivity index (χ3v) is 3.57. The molecule has 74 valence electrons. The highest BCUT2D eigenvalue weighted by molar-refractivity contribution is 9.08. The lowest BCUT2D eigenvalue weighted by Gasteiger charge is -2.27. The summed E-state index contributed by atoms with van der Waals surface area (Å²) in [6.07, 6.45) is 0.251. The van der Waals surface area contributed by atoms with Crippen LogP contribution in [0.25, 0.3) is 0 Å². The molecule has 0 aliphatic carbocycles. The van der Waals surface area contributed by atoms with Gasteiger partial charge in [0.2, 0.25) is 0 Å². The lowest BCUT2D eigenvalue weighted by Crippen LogP contribution is -2.32. The number of halogens is 2. The Hall–Kier alpha value is 0.640. The Kier molecular flexibility index (Phi) is 4.46. The lowest BCUT2D eigenvalue weighted by atomic mass is 10.0. The molecule has 0 unspecified atom stereocenters. The topological polar surface area (TPSA) is 57.6 Å². The maximum absolute atomic E-state index is 10.4. The summed E-state index contributed by atoms with van der Waals surface area (Å²) in [6, 6.07) is 0. The van der Waals surface area contributed by atoms with Gasteiger partial charge >= 0.3 is 0 Å². The summed E-state index contributed by atoms with van der Waals surface area (Å²) >= 11 is 8.56. The quantitative estimate of drug-likeness (QED) is 0.630. The third-order valence-electron chi connectivity index (χ3n) is 1.43. The van der Waals surface area contributed by atoms with E-state index in [-0.39, 0.29) is 12.2 Å². The summed E-state index contributed by atoms with van der Waals surface area (Å²) in [5.41, 5.74) is -0.517. The Bertz CT molecular complexity index is 239. The molecule has 0 saturated carbocycles.